The maximum Gasteiger partial charge on any atom is 0.0722 e. The van der Waals surface area contributed by atoms with Crippen molar-refractivity contribution < 1.29 is 4.84 Å². The van der Waals surface area contributed by atoms with Gasteiger partial charge in [0.2, 0.25) is 0 Å². The van der Waals surface area contributed by atoms with E-state index in [1.165, 1.54) is 5.56 Å². The Labute approximate surface area is 81.0 Å². The molecule has 0 atom stereocenters. The molecule has 0 heterocycles. The summed E-state index contributed by atoms with van der Waals surface area (Å²) in [5.74, 6) is 0. The lowest BCUT2D eigenvalue weighted by molar-refractivity contribution is 0.0604. The smallest absolute Gasteiger partial charge is 0.0722 e. The number of halogens is 1. The Bertz CT molecular complexity index is 240. The van der Waals surface area contributed by atoms with E-state index in [0.29, 0.717) is 6.61 Å². The highest BCUT2D eigenvalue weighted by atomic mass is 79.9. The minimum absolute atomic E-state index is 0.701. The standard InChI is InChI=1S/C9H12BrNO/c1-11-12-6-5-8-3-2-4-9(10)7-8/h2-4,7,11H,5-6H2,1H3. The van der Waals surface area contributed by atoms with E-state index < -0.39 is 0 Å². The molecule has 0 aliphatic carbocycles. The zero-order valence-corrected chi connectivity index (χ0v) is 8.60. The molecule has 66 valence electrons. The SMILES string of the molecule is CNOCCc1cccc(Br)c1. The summed E-state index contributed by atoms with van der Waals surface area (Å²) < 4.78 is 1.12. The van der Waals surface area contributed by atoms with Gasteiger partial charge in [-0.3, -0.25) is 0 Å². The van der Waals surface area contributed by atoms with Gasteiger partial charge in [0.15, 0.2) is 0 Å². The summed E-state index contributed by atoms with van der Waals surface area (Å²) in [4.78, 5) is 5.01. The molecular weight excluding hydrogens is 218 g/mol. The lowest BCUT2D eigenvalue weighted by Crippen LogP contribution is -2.09. The van der Waals surface area contributed by atoms with Crippen LogP contribution in [0.15, 0.2) is 28.7 Å². The Morgan fingerprint density at radius 2 is 2.33 bits per heavy atom. The van der Waals surface area contributed by atoms with Crippen molar-refractivity contribution in [1.82, 2.24) is 5.48 Å². The van der Waals surface area contributed by atoms with Gasteiger partial charge in [0.1, 0.15) is 0 Å². The summed E-state index contributed by atoms with van der Waals surface area (Å²) in [6.07, 6.45) is 0.931. The van der Waals surface area contributed by atoms with Gasteiger partial charge in [0.05, 0.1) is 6.61 Å². The van der Waals surface area contributed by atoms with E-state index in [0.717, 1.165) is 10.9 Å². The quantitative estimate of drug-likeness (QED) is 0.632. The molecule has 0 bridgehead atoms. The molecule has 0 spiro atoms. The number of nitrogens with one attached hydrogen (secondary N) is 1. The Hall–Kier alpha value is -0.380. The molecule has 0 aromatic heterocycles. The Morgan fingerprint density at radius 1 is 1.50 bits per heavy atom. The fourth-order valence-electron chi connectivity index (χ4n) is 0.963. The summed E-state index contributed by atoms with van der Waals surface area (Å²) in [6.45, 7) is 0.701. The van der Waals surface area contributed by atoms with Gasteiger partial charge in [-0.25, -0.2) is 5.48 Å². The molecule has 0 amide bonds. The van der Waals surface area contributed by atoms with Crippen molar-refractivity contribution in [3.05, 3.63) is 34.3 Å². The summed E-state index contributed by atoms with van der Waals surface area (Å²) >= 11 is 3.41. The highest BCUT2D eigenvalue weighted by molar-refractivity contribution is 9.10. The number of hydrogen-bond donors (Lipinski definition) is 1. The number of benzene rings is 1. The number of hydrogen-bond acceptors (Lipinski definition) is 2. The summed E-state index contributed by atoms with van der Waals surface area (Å²) in [6, 6.07) is 8.23. The van der Waals surface area contributed by atoms with Crippen LogP contribution in [0.1, 0.15) is 5.56 Å². The summed E-state index contributed by atoms with van der Waals surface area (Å²) in [5, 5.41) is 0. The van der Waals surface area contributed by atoms with Crippen LogP contribution in [-0.2, 0) is 11.3 Å². The topological polar surface area (TPSA) is 21.3 Å². The van der Waals surface area contributed by atoms with Gasteiger partial charge in [-0.15, -0.1) is 0 Å². The monoisotopic (exact) mass is 229 g/mol. The predicted octanol–water partition coefficient (Wildman–Crippen LogP) is 2.14. The van der Waals surface area contributed by atoms with Crippen molar-refractivity contribution >= 4 is 15.9 Å². The molecule has 0 aliphatic heterocycles. The van der Waals surface area contributed by atoms with Crippen molar-refractivity contribution in [1.29, 1.82) is 0 Å². The molecule has 0 fully saturated rings. The van der Waals surface area contributed by atoms with E-state index in [4.69, 9.17) is 4.84 Å². The van der Waals surface area contributed by atoms with Gasteiger partial charge in [0.25, 0.3) is 0 Å². The second-order valence-corrected chi connectivity index (χ2v) is 3.35. The Morgan fingerprint density at radius 3 is 3.00 bits per heavy atom. The molecule has 1 N–H and O–H groups in total. The maximum absolute atomic E-state index is 5.01. The van der Waals surface area contributed by atoms with Crippen LogP contribution in [0.2, 0.25) is 0 Å². The van der Waals surface area contributed by atoms with Gasteiger partial charge in [-0.2, -0.15) is 0 Å². The normalized spacial score (nSPS) is 10.2. The van der Waals surface area contributed by atoms with Crippen LogP contribution >= 0.6 is 15.9 Å². The van der Waals surface area contributed by atoms with Crippen LogP contribution < -0.4 is 5.48 Å². The van der Waals surface area contributed by atoms with Gasteiger partial charge >= 0.3 is 0 Å². The number of hydroxylamine groups is 1. The molecule has 0 saturated heterocycles. The first-order valence-corrected chi connectivity index (χ1v) is 4.65. The average Bonchev–Trinajstić information content (AvgIpc) is 2.05. The molecule has 0 unspecified atom stereocenters. The Balaban J connectivity index is 2.41. The average molecular weight is 230 g/mol. The molecule has 1 aromatic rings. The van der Waals surface area contributed by atoms with E-state index in [-0.39, 0.29) is 0 Å². The largest absolute Gasteiger partial charge is 0.302 e. The third kappa shape index (κ3) is 3.34. The lowest BCUT2D eigenvalue weighted by Gasteiger charge is -2.01. The Kier molecular flexibility index (Phi) is 4.29. The van der Waals surface area contributed by atoms with E-state index in [9.17, 15) is 0 Å². The zero-order chi connectivity index (χ0) is 8.81. The zero-order valence-electron chi connectivity index (χ0n) is 7.01. The maximum atomic E-state index is 5.01. The van der Waals surface area contributed by atoms with Gasteiger partial charge in [-0.05, 0) is 24.1 Å². The molecule has 1 rings (SSSR count). The van der Waals surface area contributed by atoms with Crippen LogP contribution in [0.4, 0.5) is 0 Å². The fourth-order valence-corrected chi connectivity index (χ4v) is 1.41. The highest BCUT2D eigenvalue weighted by Gasteiger charge is 1.93. The van der Waals surface area contributed by atoms with Crippen LogP contribution in [0.25, 0.3) is 0 Å². The highest BCUT2D eigenvalue weighted by Crippen LogP contribution is 2.11. The van der Waals surface area contributed by atoms with Crippen LogP contribution in [-0.4, -0.2) is 13.7 Å². The van der Waals surface area contributed by atoms with Crippen LogP contribution in [0.3, 0.4) is 0 Å². The van der Waals surface area contributed by atoms with Crippen molar-refractivity contribution in [2.75, 3.05) is 13.7 Å². The van der Waals surface area contributed by atoms with Crippen LogP contribution in [0, 0.1) is 0 Å². The van der Waals surface area contributed by atoms with Crippen LogP contribution in [0.5, 0.6) is 0 Å². The first-order chi connectivity index (χ1) is 5.83. The molecule has 1 aromatic carbocycles. The van der Waals surface area contributed by atoms with E-state index >= 15 is 0 Å². The predicted molar refractivity (Wildman–Crippen MR) is 52.9 cm³/mol. The first kappa shape index (κ1) is 9.71. The summed E-state index contributed by atoms with van der Waals surface area (Å²) in [7, 11) is 1.76. The minimum atomic E-state index is 0.701. The van der Waals surface area contributed by atoms with Gasteiger partial charge in [0, 0.05) is 11.5 Å². The summed E-state index contributed by atoms with van der Waals surface area (Å²) in [5.41, 5.74) is 3.92. The van der Waals surface area contributed by atoms with Gasteiger partial charge in [-0.1, -0.05) is 28.1 Å². The van der Waals surface area contributed by atoms with Crippen molar-refractivity contribution in [3.8, 4) is 0 Å². The third-order valence-electron chi connectivity index (χ3n) is 1.53. The molecule has 0 saturated carbocycles. The van der Waals surface area contributed by atoms with Crippen molar-refractivity contribution in [3.63, 3.8) is 0 Å². The molecule has 0 aliphatic rings. The molecule has 12 heavy (non-hydrogen) atoms. The van der Waals surface area contributed by atoms with Crippen molar-refractivity contribution in [2.45, 2.75) is 6.42 Å². The van der Waals surface area contributed by atoms with Gasteiger partial charge < -0.3 is 4.84 Å². The number of rotatable bonds is 4. The second kappa shape index (κ2) is 5.30. The third-order valence-corrected chi connectivity index (χ3v) is 2.02. The first-order valence-electron chi connectivity index (χ1n) is 3.86. The molecular formula is C9H12BrNO. The van der Waals surface area contributed by atoms with Crippen molar-refractivity contribution in [2.24, 2.45) is 0 Å². The molecule has 3 heteroatoms. The van der Waals surface area contributed by atoms with E-state index in [1.54, 1.807) is 7.05 Å². The lowest BCUT2D eigenvalue weighted by atomic mass is 10.2. The van der Waals surface area contributed by atoms with E-state index in [2.05, 4.69) is 33.5 Å². The minimum Gasteiger partial charge on any atom is -0.302 e. The fraction of sp³-hybridized carbons (Fsp3) is 0.333. The molecule has 2 nitrogen and oxygen atoms in total. The second-order valence-electron chi connectivity index (χ2n) is 2.43. The van der Waals surface area contributed by atoms with E-state index in [1.807, 2.05) is 12.1 Å². The molecule has 0 radical (unpaired) electrons.